The number of nitrogens with one attached hydrogen (secondary N) is 1. The summed E-state index contributed by atoms with van der Waals surface area (Å²) < 4.78 is 1.45. The topological polar surface area (TPSA) is 51.1 Å². The van der Waals surface area contributed by atoms with Crippen molar-refractivity contribution in [2.45, 2.75) is 13.3 Å². The molecule has 0 bridgehead atoms. The number of carbonyl (C=O) groups excluding carboxylic acids is 1. The van der Waals surface area contributed by atoms with Gasteiger partial charge in [0.25, 0.3) is 11.5 Å². The van der Waals surface area contributed by atoms with Gasteiger partial charge in [0, 0.05) is 23.1 Å². The monoisotopic (exact) mass is 340 g/mol. The second kappa shape index (κ2) is 6.49. The van der Waals surface area contributed by atoms with Crippen LogP contribution in [0, 0.1) is 0 Å². The van der Waals surface area contributed by atoms with Crippen LogP contribution in [0.3, 0.4) is 0 Å². The zero-order valence-electron chi connectivity index (χ0n) is 13.5. The summed E-state index contributed by atoms with van der Waals surface area (Å²) in [7, 11) is 1.64. The van der Waals surface area contributed by atoms with Gasteiger partial charge >= 0.3 is 0 Å². The Balaban J connectivity index is 2.09. The normalized spacial score (nSPS) is 10.8. The molecule has 0 aliphatic rings. The molecule has 1 aromatic heterocycles. The summed E-state index contributed by atoms with van der Waals surface area (Å²) in [6, 6.07) is 14.4. The number of anilines is 1. The summed E-state index contributed by atoms with van der Waals surface area (Å²) in [4.78, 5) is 25.2. The number of para-hydroxylation sites is 1. The van der Waals surface area contributed by atoms with E-state index in [0.29, 0.717) is 21.6 Å². The first-order chi connectivity index (χ1) is 11.5. The van der Waals surface area contributed by atoms with E-state index in [1.54, 1.807) is 31.3 Å². The Morgan fingerprint density at radius 1 is 1.17 bits per heavy atom. The Bertz CT molecular complexity index is 992. The smallest absolute Gasteiger partial charge is 0.263 e. The molecule has 0 aliphatic carbocycles. The highest BCUT2D eigenvalue weighted by molar-refractivity contribution is 6.35. The minimum absolute atomic E-state index is 0.0732. The zero-order valence-corrected chi connectivity index (χ0v) is 14.2. The lowest BCUT2D eigenvalue weighted by molar-refractivity contribution is 0.102. The maximum absolute atomic E-state index is 12.6. The largest absolute Gasteiger partial charge is 0.322 e. The average Bonchev–Trinajstić information content (AvgIpc) is 2.59. The molecule has 5 heteroatoms. The third-order valence-corrected chi connectivity index (χ3v) is 4.44. The molecule has 0 saturated heterocycles. The number of carbonyl (C=O) groups is 1. The molecule has 122 valence electrons. The molecule has 0 unspecified atom stereocenters. The molecule has 3 aromatic rings. The predicted octanol–water partition coefficient (Wildman–Crippen LogP) is 4.01. The van der Waals surface area contributed by atoms with Gasteiger partial charge in [0.1, 0.15) is 5.56 Å². The van der Waals surface area contributed by atoms with Gasteiger partial charge in [-0.15, -0.1) is 0 Å². The van der Waals surface area contributed by atoms with Crippen molar-refractivity contribution in [2.75, 3.05) is 5.32 Å². The van der Waals surface area contributed by atoms with Crippen LogP contribution in [0.4, 0.5) is 5.69 Å². The van der Waals surface area contributed by atoms with Crippen molar-refractivity contribution in [1.29, 1.82) is 0 Å². The number of pyridine rings is 1. The molecule has 0 saturated carbocycles. The Kier molecular flexibility index (Phi) is 4.40. The van der Waals surface area contributed by atoms with Crippen molar-refractivity contribution in [3.8, 4) is 0 Å². The van der Waals surface area contributed by atoms with Crippen molar-refractivity contribution in [3.05, 3.63) is 75.0 Å². The highest BCUT2D eigenvalue weighted by atomic mass is 35.5. The maximum Gasteiger partial charge on any atom is 0.263 e. The quantitative estimate of drug-likeness (QED) is 0.783. The van der Waals surface area contributed by atoms with E-state index in [2.05, 4.69) is 5.32 Å². The Labute approximate surface area is 144 Å². The molecule has 0 radical (unpaired) electrons. The van der Waals surface area contributed by atoms with Crippen molar-refractivity contribution >= 4 is 34.1 Å². The first-order valence-electron chi connectivity index (χ1n) is 7.70. The molecule has 1 heterocycles. The molecule has 2 aromatic carbocycles. The number of benzene rings is 2. The lowest BCUT2D eigenvalue weighted by Gasteiger charge is -2.12. The fourth-order valence-electron chi connectivity index (χ4n) is 2.76. The highest BCUT2D eigenvalue weighted by Crippen LogP contribution is 2.23. The van der Waals surface area contributed by atoms with Crippen LogP contribution in [0.15, 0.2) is 53.3 Å². The lowest BCUT2D eigenvalue weighted by atomic mass is 10.1. The molecule has 4 nitrogen and oxygen atoms in total. The van der Waals surface area contributed by atoms with Crippen LogP contribution in [-0.2, 0) is 13.5 Å². The van der Waals surface area contributed by atoms with Gasteiger partial charge in [0.2, 0.25) is 0 Å². The van der Waals surface area contributed by atoms with Crippen LogP contribution in [0.5, 0.6) is 0 Å². The van der Waals surface area contributed by atoms with Gasteiger partial charge in [-0.2, -0.15) is 0 Å². The molecular weight excluding hydrogens is 324 g/mol. The lowest BCUT2D eigenvalue weighted by Crippen LogP contribution is -2.28. The Morgan fingerprint density at radius 2 is 1.92 bits per heavy atom. The summed E-state index contributed by atoms with van der Waals surface area (Å²) in [6.45, 7) is 2.01. The molecular formula is C19H17ClN2O2. The van der Waals surface area contributed by atoms with Crippen LogP contribution >= 0.6 is 11.6 Å². The number of amides is 1. The predicted molar refractivity (Wildman–Crippen MR) is 98.0 cm³/mol. The van der Waals surface area contributed by atoms with E-state index in [1.807, 2.05) is 31.2 Å². The number of hydrogen-bond donors (Lipinski definition) is 1. The van der Waals surface area contributed by atoms with Crippen molar-refractivity contribution < 1.29 is 4.79 Å². The second-order valence-corrected chi connectivity index (χ2v) is 5.97. The Hall–Kier alpha value is -2.59. The number of rotatable bonds is 3. The Morgan fingerprint density at radius 3 is 2.67 bits per heavy atom. The maximum atomic E-state index is 12.6. The van der Waals surface area contributed by atoms with Gasteiger partial charge in [-0.25, -0.2) is 0 Å². The third kappa shape index (κ3) is 2.81. The highest BCUT2D eigenvalue weighted by Gasteiger charge is 2.16. The number of aryl methyl sites for hydroxylation is 2. The summed E-state index contributed by atoms with van der Waals surface area (Å²) in [5.41, 5.74) is 2.14. The molecule has 0 atom stereocenters. The molecule has 3 rings (SSSR count). The minimum Gasteiger partial charge on any atom is -0.322 e. The van der Waals surface area contributed by atoms with E-state index in [1.165, 1.54) is 4.57 Å². The molecule has 1 amide bonds. The summed E-state index contributed by atoms with van der Waals surface area (Å²) in [6.07, 6.45) is 0.790. The van der Waals surface area contributed by atoms with Crippen LogP contribution in [0.2, 0.25) is 5.02 Å². The fraction of sp³-hybridized carbons (Fsp3) is 0.158. The van der Waals surface area contributed by atoms with E-state index >= 15 is 0 Å². The first-order valence-corrected chi connectivity index (χ1v) is 8.08. The average molecular weight is 341 g/mol. The van der Waals surface area contributed by atoms with Gasteiger partial charge < -0.3 is 9.88 Å². The minimum atomic E-state index is -0.432. The van der Waals surface area contributed by atoms with Crippen LogP contribution in [0.1, 0.15) is 22.8 Å². The number of aromatic nitrogens is 1. The SMILES string of the molecule is CCc1ccccc1NC(=O)c1cc2c(Cl)cccc2n(C)c1=O. The number of fused-ring (bicyclic) bond motifs is 1. The fourth-order valence-corrected chi connectivity index (χ4v) is 2.98. The number of halogens is 1. The van der Waals surface area contributed by atoms with E-state index in [4.69, 9.17) is 11.6 Å². The standard InChI is InChI=1S/C19H17ClN2O2/c1-3-12-7-4-5-9-16(12)21-18(23)14-11-13-15(20)8-6-10-17(13)22(2)19(14)24/h4-11H,3H2,1-2H3,(H,21,23). The van der Waals surface area contributed by atoms with Crippen LogP contribution < -0.4 is 10.9 Å². The van der Waals surface area contributed by atoms with E-state index in [-0.39, 0.29) is 11.1 Å². The van der Waals surface area contributed by atoms with Gasteiger partial charge in [0.15, 0.2) is 0 Å². The zero-order chi connectivity index (χ0) is 17.3. The van der Waals surface area contributed by atoms with Crippen LogP contribution in [0.25, 0.3) is 10.9 Å². The van der Waals surface area contributed by atoms with Crippen molar-refractivity contribution in [3.63, 3.8) is 0 Å². The molecule has 24 heavy (non-hydrogen) atoms. The van der Waals surface area contributed by atoms with Crippen molar-refractivity contribution in [1.82, 2.24) is 4.57 Å². The second-order valence-electron chi connectivity index (χ2n) is 5.56. The van der Waals surface area contributed by atoms with Gasteiger partial charge in [-0.3, -0.25) is 9.59 Å². The summed E-state index contributed by atoms with van der Waals surface area (Å²) in [5.74, 6) is -0.432. The summed E-state index contributed by atoms with van der Waals surface area (Å²) in [5, 5.41) is 4.02. The van der Waals surface area contributed by atoms with Crippen LogP contribution in [-0.4, -0.2) is 10.5 Å². The van der Waals surface area contributed by atoms with Crippen molar-refractivity contribution in [2.24, 2.45) is 7.05 Å². The molecule has 0 fully saturated rings. The third-order valence-electron chi connectivity index (χ3n) is 4.11. The van der Waals surface area contributed by atoms with E-state index < -0.39 is 5.91 Å². The van der Waals surface area contributed by atoms with E-state index in [9.17, 15) is 9.59 Å². The van der Waals surface area contributed by atoms with E-state index in [0.717, 1.165) is 12.0 Å². The summed E-state index contributed by atoms with van der Waals surface area (Å²) >= 11 is 6.22. The number of hydrogen-bond acceptors (Lipinski definition) is 2. The van der Waals surface area contributed by atoms with Gasteiger partial charge in [-0.05, 0) is 36.2 Å². The molecule has 0 aliphatic heterocycles. The molecule has 1 N–H and O–H groups in total. The number of nitrogens with zero attached hydrogens (tertiary/aromatic N) is 1. The van der Waals surface area contributed by atoms with Gasteiger partial charge in [-0.1, -0.05) is 42.8 Å². The van der Waals surface area contributed by atoms with Gasteiger partial charge in [0.05, 0.1) is 5.52 Å². The molecule has 0 spiro atoms. The first kappa shape index (κ1) is 16.3.